The molecule has 7 heteroatoms. The Balaban J connectivity index is 1.71. The first kappa shape index (κ1) is 19.8. The summed E-state index contributed by atoms with van der Waals surface area (Å²) in [7, 11) is 0. The second kappa shape index (κ2) is 9.80. The second-order valence-electron chi connectivity index (χ2n) is 7.36. The maximum absolute atomic E-state index is 10.4. The SMILES string of the molecule is CCn1c(NC2CCCN(CCN=O)CC2)nc2ccc(CCCN)cc21. The molecule has 1 atom stereocenters. The Bertz CT molecular complexity index is 743. The third-order valence-electron chi connectivity index (χ3n) is 5.46. The number of anilines is 1. The number of fused-ring (bicyclic) bond motifs is 1. The standard InChI is InChI=1S/C20H32N6O/c1-2-26-19-15-16(5-3-10-21)7-8-18(19)24-20(26)23-17-6-4-12-25(13-9-17)14-11-22-27/h7-8,15,17H,2-6,9-14,21H2,1H3,(H,23,24). The molecule has 148 valence electrons. The number of imidazole rings is 1. The molecule has 3 N–H and O–H groups in total. The monoisotopic (exact) mass is 372 g/mol. The van der Waals surface area contributed by atoms with Gasteiger partial charge in [0, 0.05) is 25.7 Å². The minimum Gasteiger partial charge on any atom is -0.353 e. The quantitative estimate of drug-likeness (QED) is 0.661. The van der Waals surface area contributed by atoms with Gasteiger partial charge in [-0.3, -0.25) is 0 Å². The number of aryl methyl sites for hydroxylation is 2. The number of nitrogens with one attached hydrogen (secondary N) is 1. The lowest BCUT2D eigenvalue weighted by Gasteiger charge is -2.19. The lowest BCUT2D eigenvalue weighted by Crippen LogP contribution is -2.29. The number of benzene rings is 1. The van der Waals surface area contributed by atoms with E-state index in [0.717, 1.165) is 76.3 Å². The molecule has 0 spiro atoms. The molecule has 0 saturated carbocycles. The Labute approximate surface area is 161 Å². The van der Waals surface area contributed by atoms with Crippen LogP contribution >= 0.6 is 0 Å². The first-order valence-electron chi connectivity index (χ1n) is 10.2. The molecule has 0 amide bonds. The summed E-state index contributed by atoms with van der Waals surface area (Å²) >= 11 is 0. The average Bonchev–Trinajstić information content (AvgIpc) is 2.86. The average molecular weight is 373 g/mol. The smallest absolute Gasteiger partial charge is 0.204 e. The van der Waals surface area contributed by atoms with Crippen molar-refractivity contribution in [1.29, 1.82) is 0 Å². The van der Waals surface area contributed by atoms with Crippen molar-refractivity contribution in [2.24, 2.45) is 10.9 Å². The van der Waals surface area contributed by atoms with E-state index in [9.17, 15) is 4.91 Å². The molecule has 2 aromatic rings. The van der Waals surface area contributed by atoms with E-state index in [1.165, 1.54) is 11.1 Å². The largest absolute Gasteiger partial charge is 0.353 e. The molecule has 3 rings (SSSR count). The highest BCUT2D eigenvalue weighted by Gasteiger charge is 2.19. The van der Waals surface area contributed by atoms with Crippen LogP contribution in [0.3, 0.4) is 0 Å². The van der Waals surface area contributed by atoms with Gasteiger partial charge in [0.25, 0.3) is 0 Å². The van der Waals surface area contributed by atoms with Crippen LogP contribution in [-0.2, 0) is 13.0 Å². The van der Waals surface area contributed by atoms with Crippen LogP contribution in [0, 0.1) is 4.91 Å². The zero-order valence-corrected chi connectivity index (χ0v) is 16.4. The zero-order valence-electron chi connectivity index (χ0n) is 16.4. The number of nitroso groups, excluding NO2 is 1. The van der Waals surface area contributed by atoms with Crippen LogP contribution in [0.15, 0.2) is 23.4 Å². The molecule has 1 unspecified atom stereocenters. The van der Waals surface area contributed by atoms with Crippen molar-refractivity contribution in [2.45, 2.75) is 51.6 Å². The van der Waals surface area contributed by atoms with Gasteiger partial charge in [0.15, 0.2) is 0 Å². The molecule has 0 bridgehead atoms. The molecule has 1 aromatic heterocycles. The Kier molecular flexibility index (Phi) is 7.18. The molecule has 1 fully saturated rings. The molecule has 0 aliphatic carbocycles. The predicted octanol–water partition coefficient (Wildman–Crippen LogP) is 2.98. The van der Waals surface area contributed by atoms with E-state index in [0.29, 0.717) is 12.6 Å². The third-order valence-corrected chi connectivity index (χ3v) is 5.46. The van der Waals surface area contributed by atoms with Gasteiger partial charge in [0.2, 0.25) is 5.95 Å². The minimum absolute atomic E-state index is 0.385. The number of nitrogens with zero attached hydrogens (tertiary/aromatic N) is 4. The predicted molar refractivity (Wildman–Crippen MR) is 111 cm³/mol. The van der Waals surface area contributed by atoms with E-state index in [2.05, 4.69) is 45.1 Å². The Hall–Kier alpha value is -1.99. The summed E-state index contributed by atoms with van der Waals surface area (Å²) in [6.07, 6.45) is 5.34. The van der Waals surface area contributed by atoms with Crippen LogP contribution < -0.4 is 11.1 Å². The van der Waals surface area contributed by atoms with E-state index in [-0.39, 0.29) is 0 Å². The van der Waals surface area contributed by atoms with E-state index < -0.39 is 0 Å². The van der Waals surface area contributed by atoms with Gasteiger partial charge in [0.1, 0.15) is 0 Å². The molecule has 7 nitrogen and oxygen atoms in total. The van der Waals surface area contributed by atoms with E-state index in [1.54, 1.807) is 0 Å². The summed E-state index contributed by atoms with van der Waals surface area (Å²) < 4.78 is 2.28. The lowest BCUT2D eigenvalue weighted by molar-refractivity contribution is 0.292. The summed E-state index contributed by atoms with van der Waals surface area (Å²) in [5.74, 6) is 0.969. The number of hydrogen-bond acceptors (Lipinski definition) is 6. The minimum atomic E-state index is 0.385. The van der Waals surface area contributed by atoms with Gasteiger partial charge in [-0.05, 0) is 69.8 Å². The van der Waals surface area contributed by atoms with Gasteiger partial charge in [-0.1, -0.05) is 11.2 Å². The highest BCUT2D eigenvalue weighted by molar-refractivity contribution is 5.79. The van der Waals surface area contributed by atoms with E-state index >= 15 is 0 Å². The van der Waals surface area contributed by atoms with Crippen molar-refractivity contribution in [2.75, 3.05) is 38.0 Å². The van der Waals surface area contributed by atoms with Crippen LogP contribution in [0.5, 0.6) is 0 Å². The van der Waals surface area contributed by atoms with Gasteiger partial charge in [0.05, 0.1) is 17.6 Å². The molecule has 1 aliphatic heterocycles. The molecule has 1 aliphatic rings. The Morgan fingerprint density at radius 2 is 2.22 bits per heavy atom. The zero-order chi connectivity index (χ0) is 19.1. The maximum Gasteiger partial charge on any atom is 0.204 e. The molecule has 27 heavy (non-hydrogen) atoms. The maximum atomic E-state index is 10.4. The van der Waals surface area contributed by atoms with Crippen LogP contribution in [0.1, 0.15) is 38.2 Å². The van der Waals surface area contributed by atoms with Crippen molar-refractivity contribution in [3.63, 3.8) is 0 Å². The van der Waals surface area contributed by atoms with Crippen LogP contribution in [0.4, 0.5) is 5.95 Å². The number of likely N-dealkylation sites (tertiary alicyclic amines) is 1. The first-order valence-corrected chi connectivity index (χ1v) is 10.2. The summed E-state index contributed by atoms with van der Waals surface area (Å²) in [6, 6.07) is 6.96. The van der Waals surface area contributed by atoms with Crippen LogP contribution in [-0.4, -0.2) is 53.2 Å². The molecular formula is C20H32N6O. The Morgan fingerprint density at radius 1 is 1.33 bits per heavy atom. The summed E-state index contributed by atoms with van der Waals surface area (Å²) in [6.45, 7) is 6.99. The fourth-order valence-corrected chi connectivity index (χ4v) is 3.95. The summed E-state index contributed by atoms with van der Waals surface area (Å²) in [5.41, 5.74) is 9.21. The van der Waals surface area contributed by atoms with Gasteiger partial charge >= 0.3 is 0 Å². The van der Waals surface area contributed by atoms with E-state index in [4.69, 9.17) is 10.7 Å². The summed E-state index contributed by atoms with van der Waals surface area (Å²) in [5, 5.41) is 6.68. The first-order chi connectivity index (χ1) is 13.2. The third kappa shape index (κ3) is 5.05. The normalized spacial score (nSPS) is 18.5. The van der Waals surface area contributed by atoms with Crippen molar-refractivity contribution >= 4 is 17.0 Å². The fourth-order valence-electron chi connectivity index (χ4n) is 3.95. The summed E-state index contributed by atoms with van der Waals surface area (Å²) in [4.78, 5) is 17.6. The molecular weight excluding hydrogens is 340 g/mol. The molecule has 1 aromatic carbocycles. The van der Waals surface area contributed by atoms with Crippen LogP contribution in [0.2, 0.25) is 0 Å². The van der Waals surface area contributed by atoms with Gasteiger partial charge in [-0.25, -0.2) is 4.98 Å². The van der Waals surface area contributed by atoms with Gasteiger partial charge < -0.3 is 20.5 Å². The second-order valence-corrected chi connectivity index (χ2v) is 7.36. The number of hydrogen-bond donors (Lipinski definition) is 2. The number of rotatable bonds is 9. The number of nitrogens with two attached hydrogens (primary N) is 1. The van der Waals surface area contributed by atoms with Crippen molar-refractivity contribution < 1.29 is 0 Å². The highest BCUT2D eigenvalue weighted by Crippen LogP contribution is 2.24. The highest BCUT2D eigenvalue weighted by atomic mass is 16.3. The van der Waals surface area contributed by atoms with Gasteiger partial charge in [-0.2, -0.15) is 4.91 Å². The van der Waals surface area contributed by atoms with E-state index in [1.807, 2.05) is 0 Å². The fraction of sp³-hybridized carbons (Fsp3) is 0.650. The topological polar surface area (TPSA) is 88.5 Å². The lowest BCUT2D eigenvalue weighted by atomic mass is 10.1. The molecule has 0 radical (unpaired) electrons. The Morgan fingerprint density at radius 3 is 3.00 bits per heavy atom. The molecule has 2 heterocycles. The van der Waals surface area contributed by atoms with Gasteiger partial charge in [-0.15, -0.1) is 0 Å². The van der Waals surface area contributed by atoms with Crippen molar-refractivity contribution in [1.82, 2.24) is 14.5 Å². The van der Waals surface area contributed by atoms with Crippen molar-refractivity contribution in [3.05, 3.63) is 28.7 Å². The van der Waals surface area contributed by atoms with Crippen molar-refractivity contribution in [3.8, 4) is 0 Å². The molecule has 1 saturated heterocycles. The van der Waals surface area contributed by atoms with Crippen LogP contribution in [0.25, 0.3) is 11.0 Å². The number of aromatic nitrogens is 2.